The van der Waals surface area contributed by atoms with Gasteiger partial charge in [0.2, 0.25) is 10.0 Å². The molecule has 1 heterocycles. The Bertz CT molecular complexity index is 764. The summed E-state index contributed by atoms with van der Waals surface area (Å²) in [7, 11) is -2.32. The predicted molar refractivity (Wildman–Crippen MR) is 88.7 cm³/mol. The lowest BCUT2D eigenvalue weighted by Crippen LogP contribution is -2.53. The Morgan fingerprint density at radius 3 is 2.50 bits per heavy atom. The van der Waals surface area contributed by atoms with Crippen molar-refractivity contribution in [3.63, 3.8) is 0 Å². The van der Waals surface area contributed by atoms with E-state index in [1.165, 1.54) is 25.2 Å². The van der Waals surface area contributed by atoms with Gasteiger partial charge in [0, 0.05) is 12.6 Å². The zero-order valence-electron chi connectivity index (χ0n) is 14.9. The predicted octanol–water partition coefficient (Wildman–Crippen LogP) is 2.48. The highest BCUT2D eigenvalue weighted by Gasteiger charge is 2.46. The maximum absolute atomic E-state index is 12.3. The lowest BCUT2D eigenvalue weighted by Gasteiger charge is -2.44. The van der Waals surface area contributed by atoms with Crippen LogP contribution in [0, 0.1) is 0 Å². The molecule has 2 rings (SSSR count). The highest BCUT2D eigenvalue weighted by molar-refractivity contribution is 7.88. The van der Waals surface area contributed by atoms with Crippen LogP contribution in [0.15, 0.2) is 18.2 Å². The number of halogens is 3. The third-order valence-corrected chi connectivity index (χ3v) is 5.53. The number of rotatable bonds is 5. The summed E-state index contributed by atoms with van der Waals surface area (Å²) in [6, 6.07) is 3.38. The Balaban J connectivity index is 2.38. The van der Waals surface area contributed by atoms with Gasteiger partial charge in [0.15, 0.2) is 0 Å². The summed E-state index contributed by atoms with van der Waals surface area (Å²) in [4.78, 5) is 0. The molecule has 1 N–H and O–H groups in total. The minimum atomic E-state index is -4.34. The van der Waals surface area contributed by atoms with Crippen LogP contribution in [0.1, 0.15) is 31.9 Å². The molecule has 1 aliphatic rings. The van der Waals surface area contributed by atoms with Crippen LogP contribution in [-0.2, 0) is 10.0 Å². The van der Waals surface area contributed by atoms with Gasteiger partial charge in [-0.25, -0.2) is 8.42 Å². The van der Waals surface area contributed by atoms with E-state index < -0.39 is 47.0 Å². The lowest BCUT2D eigenvalue weighted by molar-refractivity contribution is -0.139. The van der Waals surface area contributed by atoms with E-state index in [0.717, 1.165) is 10.6 Å². The van der Waals surface area contributed by atoms with E-state index in [4.69, 9.17) is 9.47 Å². The van der Waals surface area contributed by atoms with E-state index in [9.17, 15) is 26.7 Å². The van der Waals surface area contributed by atoms with Crippen LogP contribution < -0.4 is 9.47 Å². The number of aliphatic hydroxyl groups excluding tert-OH is 1. The zero-order valence-corrected chi connectivity index (χ0v) is 15.7. The molecule has 0 saturated carbocycles. The molecule has 1 aromatic rings. The van der Waals surface area contributed by atoms with Crippen LogP contribution in [0.2, 0.25) is 0 Å². The molecular formula is C16H22F3NO5S. The van der Waals surface area contributed by atoms with Gasteiger partial charge in [-0.3, -0.25) is 0 Å². The first-order valence-corrected chi connectivity index (χ1v) is 9.71. The molecule has 0 saturated heterocycles. The number of fused-ring (bicyclic) bond motifs is 1. The molecule has 26 heavy (non-hydrogen) atoms. The first-order chi connectivity index (χ1) is 11.7. The lowest BCUT2D eigenvalue weighted by atomic mass is 9.86. The smallest absolute Gasteiger partial charge is 0.392 e. The summed E-state index contributed by atoms with van der Waals surface area (Å²) in [5.74, 6) is 0.472. The molecular weight excluding hydrogens is 375 g/mol. The highest BCUT2D eigenvalue weighted by Crippen LogP contribution is 2.44. The zero-order chi connectivity index (χ0) is 19.9. The number of alkyl halides is 3. The van der Waals surface area contributed by atoms with Crippen LogP contribution in [0.25, 0.3) is 0 Å². The summed E-state index contributed by atoms with van der Waals surface area (Å²) in [5.41, 5.74) is -0.732. The van der Waals surface area contributed by atoms with E-state index in [-0.39, 0.29) is 5.75 Å². The fourth-order valence-corrected chi connectivity index (χ4v) is 3.36. The van der Waals surface area contributed by atoms with Gasteiger partial charge < -0.3 is 14.6 Å². The molecule has 148 valence electrons. The van der Waals surface area contributed by atoms with Gasteiger partial charge in [0.1, 0.15) is 23.2 Å². The van der Waals surface area contributed by atoms with Crippen molar-refractivity contribution in [1.82, 2.24) is 4.31 Å². The van der Waals surface area contributed by atoms with Gasteiger partial charge in [0.05, 0.1) is 25.3 Å². The molecule has 6 nitrogen and oxygen atoms in total. The second kappa shape index (κ2) is 6.90. The number of aliphatic hydroxyl groups is 1. The number of likely N-dealkylation sites (N-methyl/N-ethyl adjacent to an activating group) is 1. The first-order valence-electron chi connectivity index (χ1n) is 7.86. The van der Waals surface area contributed by atoms with Crippen LogP contribution in [0.3, 0.4) is 0 Å². The van der Waals surface area contributed by atoms with Crippen molar-refractivity contribution >= 4 is 10.0 Å². The first kappa shape index (κ1) is 20.8. The number of hydrogen-bond acceptors (Lipinski definition) is 5. The molecule has 0 bridgehead atoms. The fourth-order valence-electron chi connectivity index (χ4n) is 2.72. The molecule has 1 aliphatic heterocycles. The summed E-state index contributed by atoms with van der Waals surface area (Å²) >= 11 is 0. The second-order valence-corrected chi connectivity index (χ2v) is 8.83. The highest BCUT2D eigenvalue weighted by atomic mass is 32.2. The van der Waals surface area contributed by atoms with Crippen molar-refractivity contribution in [3.8, 4) is 11.5 Å². The molecule has 0 fully saturated rings. The van der Waals surface area contributed by atoms with Crippen molar-refractivity contribution in [1.29, 1.82) is 0 Å². The van der Waals surface area contributed by atoms with E-state index in [1.807, 2.05) is 0 Å². The topological polar surface area (TPSA) is 76.1 Å². The molecule has 1 aromatic carbocycles. The minimum absolute atomic E-state index is 0.135. The van der Waals surface area contributed by atoms with E-state index >= 15 is 0 Å². The van der Waals surface area contributed by atoms with Crippen LogP contribution in [0.5, 0.6) is 11.5 Å². The van der Waals surface area contributed by atoms with Gasteiger partial charge in [-0.05, 0) is 32.0 Å². The van der Waals surface area contributed by atoms with Gasteiger partial charge in [-0.1, -0.05) is 0 Å². The Labute approximate surface area is 150 Å². The normalized spacial score (nSPS) is 22.7. The Hall–Kier alpha value is -1.52. The second-order valence-electron chi connectivity index (χ2n) is 6.79. The number of benzene rings is 1. The van der Waals surface area contributed by atoms with Crippen molar-refractivity contribution in [2.45, 2.75) is 44.2 Å². The molecule has 0 radical (unpaired) electrons. The largest absolute Gasteiger partial charge is 0.493 e. The Kier molecular flexibility index (Phi) is 5.51. The third kappa shape index (κ3) is 4.60. The van der Waals surface area contributed by atoms with Crippen LogP contribution in [-0.4, -0.2) is 55.6 Å². The summed E-state index contributed by atoms with van der Waals surface area (Å²) in [6.07, 6.45) is -5.63. The molecule has 0 aliphatic carbocycles. The molecule has 10 heteroatoms. The maximum Gasteiger partial charge on any atom is 0.392 e. The Morgan fingerprint density at radius 2 is 1.96 bits per heavy atom. The van der Waals surface area contributed by atoms with Crippen molar-refractivity contribution in [3.05, 3.63) is 23.8 Å². The monoisotopic (exact) mass is 397 g/mol. The SMILES string of the molecule is CN([C@H]1c2cc(OCCC(F)(F)F)ccc2OC(C)(C)[C@@H]1O)S(C)(=O)=O. The van der Waals surface area contributed by atoms with Gasteiger partial charge >= 0.3 is 6.18 Å². The number of sulfonamides is 1. The van der Waals surface area contributed by atoms with Crippen molar-refractivity contribution in [2.75, 3.05) is 19.9 Å². The summed E-state index contributed by atoms with van der Waals surface area (Å²) in [5, 5.41) is 10.6. The van der Waals surface area contributed by atoms with Crippen molar-refractivity contribution < 1.29 is 36.2 Å². The molecule has 2 atom stereocenters. The fraction of sp³-hybridized carbons (Fsp3) is 0.625. The third-order valence-electron chi connectivity index (χ3n) is 4.25. The molecule has 0 aromatic heterocycles. The van der Waals surface area contributed by atoms with E-state index in [2.05, 4.69) is 0 Å². The van der Waals surface area contributed by atoms with E-state index in [0.29, 0.717) is 11.3 Å². The quantitative estimate of drug-likeness (QED) is 0.826. The Morgan fingerprint density at radius 1 is 1.35 bits per heavy atom. The van der Waals surface area contributed by atoms with Gasteiger partial charge in [-0.15, -0.1) is 0 Å². The standard InChI is InChI=1S/C16H22F3NO5S/c1-15(2)14(21)13(20(3)26(4,22)23)11-9-10(5-6-12(11)25-15)24-8-7-16(17,18)19/h5-6,9,13-14,21H,7-8H2,1-4H3/t13-,14+/m0/s1. The maximum atomic E-state index is 12.3. The summed E-state index contributed by atoms with van der Waals surface area (Å²) < 4.78 is 72.6. The van der Waals surface area contributed by atoms with Crippen LogP contribution in [0.4, 0.5) is 13.2 Å². The van der Waals surface area contributed by atoms with Gasteiger partial charge in [-0.2, -0.15) is 17.5 Å². The molecule has 0 spiro atoms. The van der Waals surface area contributed by atoms with E-state index in [1.54, 1.807) is 13.8 Å². The summed E-state index contributed by atoms with van der Waals surface area (Å²) in [6.45, 7) is 2.68. The van der Waals surface area contributed by atoms with Crippen LogP contribution >= 0.6 is 0 Å². The molecule has 0 unspecified atom stereocenters. The van der Waals surface area contributed by atoms with Gasteiger partial charge in [0.25, 0.3) is 0 Å². The minimum Gasteiger partial charge on any atom is -0.493 e. The molecule has 0 amide bonds. The number of nitrogens with zero attached hydrogens (tertiary/aromatic N) is 1. The number of ether oxygens (including phenoxy) is 2. The van der Waals surface area contributed by atoms with Crippen molar-refractivity contribution in [2.24, 2.45) is 0 Å². The average molecular weight is 397 g/mol. The average Bonchev–Trinajstić information content (AvgIpc) is 2.46. The number of hydrogen-bond donors (Lipinski definition) is 1.